The first-order valence-electron chi connectivity index (χ1n) is 9.54. The maximum Gasteiger partial charge on any atom is 0.418 e. The largest absolute Gasteiger partial charge is 0.452 e. The third-order valence-electron chi connectivity index (χ3n) is 4.47. The highest BCUT2D eigenvalue weighted by Gasteiger charge is 2.34. The lowest BCUT2D eigenvalue weighted by Crippen LogP contribution is -2.32. The van der Waals surface area contributed by atoms with Crippen molar-refractivity contribution in [3.8, 4) is 0 Å². The molecule has 1 unspecified atom stereocenters. The number of aromatic nitrogens is 2. The molecule has 0 aliphatic rings. The molecule has 0 radical (unpaired) electrons. The molecule has 11 heteroatoms. The van der Waals surface area contributed by atoms with Crippen molar-refractivity contribution in [2.24, 2.45) is 0 Å². The lowest BCUT2D eigenvalue weighted by molar-refractivity contribution is -0.153. The van der Waals surface area contributed by atoms with Crippen LogP contribution in [0.15, 0.2) is 48.5 Å². The number of carbonyl (C=O) groups excluding carboxylic acids is 3. The highest BCUT2D eigenvalue weighted by molar-refractivity contribution is 6.04. The molecule has 1 atom stereocenters. The van der Waals surface area contributed by atoms with Gasteiger partial charge in [0.1, 0.15) is 0 Å². The van der Waals surface area contributed by atoms with E-state index in [2.05, 4.69) is 20.8 Å². The van der Waals surface area contributed by atoms with E-state index in [1.165, 1.54) is 19.1 Å². The van der Waals surface area contributed by atoms with E-state index in [-0.39, 0.29) is 18.7 Å². The minimum atomic E-state index is -4.65. The molecule has 3 aromatic rings. The average molecular weight is 448 g/mol. The van der Waals surface area contributed by atoms with Gasteiger partial charge < -0.3 is 15.4 Å². The highest BCUT2D eigenvalue weighted by Crippen LogP contribution is 2.34. The fourth-order valence-corrected chi connectivity index (χ4v) is 2.88. The highest BCUT2D eigenvalue weighted by atomic mass is 19.4. The molecule has 0 saturated carbocycles. The number of anilines is 1. The minimum Gasteiger partial charge on any atom is -0.452 e. The molecule has 0 spiro atoms. The van der Waals surface area contributed by atoms with Gasteiger partial charge in [-0.3, -0.25) is 19.5 Å². The molecular formula is C21H19F3N4O4. The number of carbonyl (C=O) groups is 3. The Labute approximate surface area is 180 Å². The molecule has 32 heavy (non-hydrogen) atoms. The standard InChI is InChI=1S/C21H19F3N4O4/c1-12(19(30)26-16-9-5-3-7-14(16)21(22,23)24)32-17(29)10-11-25-20(31)18-13-6-2-4-8-15(13)27-28-18/h2-9,12H,10-11H2,1H3,(H,25,31)(H,26,30)(H,27,28). The van der Waals surface area contributed by atoms with Gasteiger partial charge >= 0.3 is 12.1 Å². The Kier molecular flexibility index (Phi) is 6.76. The molecule has 2 aromatic carbocycles. The molecule has 1 aromatic heterocycles. The third-order valence-corrected chi connectivity index (χ3v) is 4.47. The van der Waals surface area contributed by atoms with Crippen LogP contribution in [0.4, 0.5) is 18.9 Å². The number of rotatable bonds is 7. The third kappa shape index (κ3) is 5.42. The van der Waals surface area contributed by atoms with Crippen LogP contribution in [0.1, 0.15) is 29.4 Å². The first-order chi connectivity index (χ1) is 15.2. The van der Waals surface area contributed by atoms with Crippen LogP contribution in [0.5, 0.6) is 0 Å². The van der Waals surface area contributed by atoms with E-state index in [1.54, 1.807) is 24.3 Å². The van der Waals surface area contributed by atoms with Gasteiger partial charge in [-0.05, 0) is 25.1 Å². The summed E-state index contributed by atoms with van der Waals surface area (Å²) in [4.78, 5) is 36.4. The van der Waals surface area contributed by atoms with Crippen molar-refractivity contribution in [1.29, 1.82) is 0 Å². The number of halogens is 3. The summed E-state index contributed by atoms with van der Waals surface area (Å²) < 4.78 is 44.0. The van der Waals surface area contributed by atoms with Crippen LogP contribution in [-0.4, -0.2) is 40.6 Å². The predicted octanol–water partition coefficient (Wildman–Crippen LogP) is 3.27. The van der Waals surface area contributed by atoms with Crippen LogP contribution in [0.25, 0.3) is 10.9 Å². The summed E-state index contributed by atoms with van der Waals surface area (Å²) in [6.07, 6.45) is -6.23. The van der Waals surface area contributed by atoms with E-state index in [1.807, 2.05) is 0 Å². The summed E-state index contributed by atoms with van der Waals surface area (Å²) in [5.41, 5.74) is -0.596. The van der Waals surface area contributed by atoms with Crippen molar-refractivity contribution in [2.45, 2.75) is 25.6 Å². The molecule has 0 saturated heterocycles. The Bertz CT molecular complexity index is 1140. The molecule has 2 amide bonds. The Balaban J connectivity index is 1.49. The Morgan fingerprint density at radius 1 is 1.09 bits per heavy atom. The number of benzene rings is 2. The molecule has 3 N–H and O–H groups in total. The van der Waals surface area contributed by atoms with Crippen LogP contribution >= 0.6 is 0 Å². The van der Waals surface area contributed by atoms with E-state index in [0.717, 1.165) is 12.1 Å². The summed E-state index contributed by atoms with van der Waals surface area (Å²) in [5, 5.41) is 11.9. The Morgan fingerprint density at radius 2 is 1.78 bits per heavy atom. The zero-order valence-corrected chi connectivity index (χ0v) is 16.8. The fraction of sp³-hybridized carbons (Fsp3) is 0.238. The number of ether oxygens (including phenoxy) is 1. The number of hydrogen-bond donors (Lipinski definition) is 3. The summed E-state index contributed by atoms with van der Waals surface area (Å²) in [5.74, 6) is -2.21. The van der Waals surface area contributed by atoms with Gasteiger partial charge in [0.15, 0.2) is 11.8 Å². The van der Waals surface area contributed by atoms with Crippen molar-refractivity contribution in [1.82, 2.24) is 15.5 Å². The SMILES string of the molecule is CC(OC(=O)CCNC(=O)c1n[nH]c2ccccc12)C(=O)Nc1ccccc1C(F)(F)F. The van der Waals surface area contributed by atoms with Crippen molar-refractivity contribution in [3.05, 3.63) is 59.8 Å². The van der Waals surface area contributed by atoms with Crippen LogP contribution in [0.3, 0.4) is 0 Å². The van der Waals surface area contributed by atoms with Gasteiger partial charge in [0, 0.05) is 11.9 Å². The summed E-state index contributed by atoms with van der Waals surface area (Å²) in [6, 6.07) is 11.5. The van der Waals surface area contributed by atoms with Crippen molar-refractivity contribution >= 4 is 34.4 Å². The molecule has 168 valence electrons. The number of fused-ring (bicyclic) bond motifs is 1. The number of para-hydroxylation sites is 2. The van der Waals surface area contributed by atoms with Gasteiger partial charge in [0.05, 0.1) is 23.2 Å². The average Bonchev–Trinajstić information content (AvgIpc) is 3.17. The fourth-order valence-electron chi connectivity index (χ4n) is 2.88. The summed E-state index contributed by atoms with van der Waals surface area (Å²) >= 11 is 0. The quantitative estimate of drug-likeness (QED) is 0.480. The minimum absolute atomic E-state index is 0.0793. The van der Waals surface area contributed by atoms with E-state index in [9.17, 15) is 27.6 Å². The zero-order chi connectivity index (χ0) is 23.3. The van der Waals surface area contributed by atoms with Gasteiger partial charge in [-0.2, -0.15) is 18.3 Å². The molecule has 0 fully saturated rings. The molecule has 0 aliphatic heterocycles. The van der Waals surface area contributed by atoms with Crippen LogP contribution in [0.2, 0.25) is 0 Å². The maximum atomic E-state index is 13.0. The number of amides is 2. The summed E-state index contributed by atoms with van der Waals surface area (Å²) in [6.45, 7) is 1.15. The Morgan fingerprint density at radius 3 is 2.53 bits per heavy atom. The van der Waals surface area contributed by atoms with Crippen molar-refractivity contribution < 1.29 is 32.3 Å². The van der Waals surface area contributed by atoms with Gasteiger partial charge in [-0.25, -0.2) is 0 Å². The molecule has 8 nitrogen and oxygen atoms in total. The molecular weight excluding hydrogens is 429 g/mol. The first-order valence-corrected chi connectivity index (χ1v) is 9.54. The number of alkyl halides is 3. The molecule has 0 aliphatic carbocycles. The maximum absolute atomic E-state index is 13.0. The molecule has 0 bridgehead atoms. The van der Waals surface area contributed by atoms with Crippen molar-refractivity contribution in [3.63, 3.8) is 0 Å². The smallest absolute Gasteiger partial charge is 0.418 e. The normalized spacial score (nSPS) is 12.2. The number of nitrogens with one attached hydrogen (secondary N) is 3. The predicted molar refractivity (Wildman–Crippen MR) is 109 cm³/mol. The summed E-state index contributed by atoms with van der Waals surface area (Å²) in [7, 11) is 0. The van der Waals surface area contributed by atoms with Crippen molar-refractivity contribution in [2.75, 3.05) is 11.9 Å². The Hall–Kier alpha value is -3.89. The number of aromatic amines is 1. The lowest BCUT2D eigenvalue weighted by Gasteiger charge is -2.16. The van der Waals surface area contributed by atoms with E-state index < -0.39 is 41.3 Å². The number of esters is 1. The molecule has 1 heterocycles. The second-order valence-electron chi connectivity index (χ2n) is 6.79. The van der Waals surface area contributed by atoms with Crippen LogP contribution < -0.4 is 10.6 Å². The van der Waals surface area contributed by atoms with E-state index in [0.29, 0.717) is 10.9 Å². The van der Waals surface area contributed by atoms with Gasteiger partial charge in [0.25, 0.3) is 11.8 Å². The molecule has 3 rings (SSSR count). The monoisotopic (exact) mass is 448 g/mol. The van der Waals surface area contributed by atoms with E-state index >= 15 is 0 Å². The number of hydrogen-bond acceptors (Lipinski definition) is 5. The number of H-pyrrole nitrogens is 1. The van der Waals surface area contributed by atoms with E-state index in [4.69, 9.17) is 4.74 Å². The van der Waals surface area contributed by atoms with Gasteiger partial charge in [-0.1, -0.05) is 30.3 Å². The zero-order valence-electron chi connectivity index (χ0n) is 16.8. The number of nitrogens with zero attached hydrogens (tertiary/aromatic N) is 1. The first kappa shape index (κ1) is 22.8. The second kappa shape index (κ2) is 9.50. The topological polar surface area (TPSA) is 113 Å². The second-order valence-corrected chi connectivity index (χ2v) is 6.79. The van der Waals surface area contributed by atoms with Crippen LogP contribution in [-0.2, 0) is 20.5 Å². The lowest BCUT2D eigenvalue weighted by atomic mass is 10.1. The van der Waals surface area contributed by atoms with Gasteiger partial charge in [-0.15, -0.1) is 0 Å². The van der Waals surface area contributed by atoms with Gasteiger partial charge in [0.2, 0.25) is 0 Å². The van der Waals surface area contributed by atoms with Crippen LogP contribution in [0, 0.1) is 0 Å².